The smallest absolute Gasteiger partial charge is 0.242 e. The van der Waals surface area contributed by atoms with Crippen LogP contribution in [0.3, 0.4) is 0 Å². The molecule has 2 heterocycles. The van der Waals surface area contributed by atoms with Gasteiger partial charge in [0.05, 0.1) is 17.0 Å². The molecule has 0 aliphatic rings. The van der Waals surface area contributed by atoms with E-state index in [0.29, 0.717) is 27.4 Å². The molecule has 0 saturated heterocycles. The van der Waals surface area contributed by atoms with Crippen LogP contribution < -0.4 is 5.32 Å². The van der Waals surface area contributed by atoms with Crippen LogP contribution in [0.4, 0.5) is 0 Å². The zero-order valence-corrected chi connectivity index (χ0v) is 16.2. The highest BCUT2D eigenvalue weighted by molar-refractivity contribution is 6.38. The SMILES string of the molecule is O=C(Cn1nc(-c2ccccc2)c2c(Cl)c(-c3ccccc3)nnc21)NCC[OH2+]. The zero-order valence-electron chi connectivity index (χ0n) is 15.5. The number of hydrogen-bond acceptors (Lipinski definition) is 4. The summed E-state index contributed by atoms with van der Waals surface area (Å²) in [4.78, 5) is 12.2. The van der Waals surface area contributed by atoms with Crippen molar-refractivity contribution in [3.63, 3.8) is 0 Å². The lowest BCUT2D eigenvalue weighted by molar-refractivity contribution is -0.121. The Bertz CT molecular complexity index is 1150. The molecular weight excluding hydrogens is 390 g/mol. The quantitative estimate of drug-likeness (QED) is 0.496. The van der Waals surface area contributed by atoms with E-state index >= 15 is 0 Å². The van der Waals surface area contributed by atoms with Crippen LogP contribution in [-0.2, 0) is 11.3 Å². The maximum Gasteiger partial charge on any atom is 0.242 e. The van der Waals surface area contributed by atoms with Crippen LogP contribution in [0.1, 0.15) is 0 Å². The van der Waals surface area contributed by atoms with E-state index in [0.717, 1.165) is 11.1 Å². The van der Waals surface area contributed by atoms with Crippen LogP contribution in [0.2, 0.25) is 5.02 Å². The van der Waals surface area contributed by atoms with Crippen molar-refractivity contribution in [2.24, 2.45) is 0 Å². The number of nitrogens with one attached hydrogen (secondary N) is 1. The minimum atomic E-state index is -0.244. The number of carbonyl (C=O) groups excluding carboxylic acids is 1. The second-order valence-electron chi connectivity index (χ2n) is 6.40. The largest absolute Gasteiger partial charge is 0.444 e. The molecule has 0 bridgehead atoms. The molecule has 0 fully saturated rings. The third-order valence-electron chi connectivity index (χ3n) is 4.43. The van der Waals surface area contributed by atoms with E-state index in [1.807, 2.05) is 60.7 Å². The Kier molecular flexibility index (Phi) is 5.50. The van der Waals surface area contributed by atoms with Gasteiger partial charge in [0.1, 0.15) is 17.9 Å². The van der Waals surface area contributed by atoms with E-state index in [4.69, 9.17) is 16.7 Å². The van der Waals surface area contributed by atoms with E-state index in [-0.39, 0.29) is 25.6 Å². The molecule has 2 aromatic carbocycles. The minimum absolute atomic E-state index is 0.0287. The number of amides is 1. The molecule has 8 heteroatoms. The lowest BCUT2D eigenvalue weighted by atomic mass is 10.1. The van der Waals surface area contributed by atoms with Crippen LogP contribution >= 0.6 is 11.6 Å². The van der Waals surface area contributed by atoms with Gasteiger partial charge in [0, 0.05) is 11.1 Å². The van der Waals surface area contributed by atoms with Crippen LogP contribution in [-0.4, -0.2) is 44.1 Å². The van der Waals surface area contributed by atoms with Gasteiger partial charge >= 0.3 is 0 Å². The number of benzene rings is 2. The number of hydrogen-bond donors (Lipinski definition) is 1. The van der Waals surface area contributed by atoms with Crippen molar-refractivity contribution in [2.75, 3.05) is 13.2 Å². The topological polar surface area (TPSA) is 95.6 Å². The molecule has 0 aliphatic carbocycles. The van der Waals surface area contributed by atoms with Gasteiger partial charge in [-0.1, -0.05) is 72.3 Å². The van der Waals surface area contributed by atoms with Gasteiger partial charge in [-0.15, -0.1) is 10.2 Å². The van der Waals surface area contributed by atoms with Gasteiger partial charge in [-0.05, 0) is 0 Å². The number of fused-ring (bicyclic) bond motifs is 1. The fourth-order valence-corrected chi connectivity index (χ4v) is 3.42. The second kappa shape index (κ2) is 8.38. The third kappa shape index (κ3) is 3.83. The number of rotatable bonds is 6. The van der Waals surface area contributed by atoms with Crippen molar-refractivity contribution in [2.45, 2.75) is 6.54 Å². The summed E-state index contributed by atoms with van der Waals surface area (Å²) in [5.41, 5.74) is 3.37. The predicted molar refractivity (Wildman–Crippen MR) is 113 cm³/mol. The molecular formula is C21H19ClN5O2+. The first-order valence-electron chi connectivity index (χ1n) is 9.14. The van der Waals surface area contributed by atoms with Gasteiger partial charge in [0.15, 0.2) is 12.3 Å². The predicted octanol–water partition coefficient (Wildman–Crippen LogP) is 2.65. The van der Waals surface area contributed by atoms with E-state index < -0.39 is 0 Å². The highest BCUT2D eigenvalue weighted by Crippen LogP contribution is 2.37. The van der Waals surface area contributed by atoms with Crippen molar-refractivity contribution in [3.8, 4) is 22.5 Å². The summed E-state index contributed by atoms with van der Waals surface area (Å²) in [6, 6.07) is 19.2. The van der Waals surface area contributed by atoms with Crippen molar-refractivity contribution in [1.82, 2.24) is 25.3 Å². The van der Waals surface area contributed by atoms with Crippen LogP contribution in [0, 0.1) is 0 Å². The summed E-state index contributed by atoms with van der Waals surface area (Å²) in [6.45, 7) is 0.375. The summed E-state index contributed by atoms with van der Waals surface area (Å²) in [7, 11) is 0. The fourth-order valence-electron chi connectivity index (χ4n) is 3.10. The third-order valence-corrected chi connectivity index (χ3v) is 4.80. The molecule has 146 valence electrons. The lowest BCUT2D eigenvalue weighted by Crippen LogP contribution is -2.30. The van der Waals surface area contributed by atoms with Crippen LogP contribution in [0.15, 0.2) is 60.7 Å². The first-order valence-corrected chi connectivity index (χ1v) is 9.51. The zero-order chi connectivity index (χ0) is 20.2. The van der Waals surface area contributed by atoms with Crippen molar-refractivity contribution in [1.29, 1.82) is 0 Å². The van der Waals surface area contributed by atoms with Crippen molar-refractivity contribution < 1.29 is 9.90 Å². The molecule has 0 unspecified atom stereocenters. The summed E-state index contributed by atoms with van der Waals surface area (Å²) in [6.07, 6.45) is 0. The summed E-state index contributed by atoms with van der Waals surface area (Å²) in [5.74, 6) is -0.244. The average molecular weight is 409 g/mol. The Hall–Kier alpha value is -3.29. The van der Waals surface area contributed by atoms with Gasteiger partial charge in [-0.2, -0.15) is 5.10 Å². The van der Waals surface area contributed by atoms with E-state index in [1.165, 1.54) is 4.68 Å². The molecule has 29 heavy (non-hydrogen) atoms. The van der Waals surface area contributed by atoms with Gasteiger partial charge < -0.3 is 10.4 Å². The second-order valence-corrected chi connectivity index (χ2v) is 6.78. The molecule has 3 N–H and O–H groups in total. The summed E-state index contributed by atoms with van der Waals surface area (Å²) < 4.78 is 1.50. The van der Waals surface area contributed by atoms with Crippen molar-refractivity contribution in [3.05, 3.63) is 65.7 Å². The van der Waals surface area contributed by atoms with Crippen molar-refractivity contribution >= 4 is 28.5 Å². The van der Waals surface area contributed by atoms with E-state index in [2.05, 4.69) is 20.6 Å². The van der Waals surface area contributed by atoms with Gasteiger partial charge in [0.25, 0.3) is 0 Å². The minimum Gasteiger partial charge on any atom is -0.444 e. The molecule has 0 saturated carbocycles. The molecule has 0 aliphatic heterocycles. The highest BCUT2D eigenvalue weighted by atomic mass is 35.5. The summed E-state index contributed by atoms with van der Waals surface area (Å²) in [5, 5.41) is 24.2. The first-order chi connectivity index (χ1) is 14.2. The Balaban J connectivity index is 1.88. The Morgan fingerprint density at radius 2 is 1.59 bits per heavy atom. The number of halogens is 1. The van der Waals surface area contributed by atoms with E-state index in [1.54, 1.807) is 0 Å². The maximum atomic E-state index is 12.2. The molecule has 0 radical (unpaired) electrons. The monoisotopic (exact) mass is 408 g/mol. The fraction of sp³-hybridized carbons (Fsp3) is 0.143. The molecule has 0 atom stereocenters. The first kappa shape index (κ1) is 19.0. The lowest BCUT2D eigenvalue weighted by Gasteiger charge is -2.06. The number of aromatic nitrogens is 4. The number of carbonyl (C=O) groups is 1. The molecule has 2 aromatic heterocycles. The number of nitrogens with zero attached hydrogens (tertiary/aromatic N) is 4. The molecule has 4 aromatic rings. The van der Waals surface area contributed by atoms with Gasteiger partial charge in [-0.3, -0.25) is 4.79 Å². The average Bonchev–Trinajstić information content (AvgIpc) is 3.13. The van der Waals surface area contributed by atoms with Gasteiger partial charge in [0.2, 0.25) is 5.91 Å². The normalized spacial score (nSPS) is 11.0. The molecule has 0 spiro atoms. The van der Waals surface area contributed by atoms with Crippen LogP contribution in [0.25, 0.3) is 33.5 Å². The van der Waals surface area contributed by atoms with Gasteiger partial charge in [-0.25, -0.2) is 4.68 Å². The van der Waals surface area contributed by atoms with Crippen LogP contribution in [0.5, 0.6) is 0 Å². The standard InChI is InChI=1S/C21H18ClN5O2/c22-18-17-19(14-7-3-1-4-8-14)26-27(13-16(29)23-11-12-28)21(17)25-24-20(18)15-9-5-2-6-10-15/h1-10,28H,11-13H2,(H,23,29)/p+1. The van der Waals surface area contributed by atoms with E-state index in [9.17, 15) is 4.79 Å². The Morgan fingerprint density at radius 1 is 0.966 bits per heavy atom. The Labute approximate surface area is 172 Å². The maximum absolute atomic E-state index is 12.2. The summed E-state index contributed by atoms with van der Waals surface area (Å²) >= 11 is 6.78. The Morgan fingerprint density at radius 3 is 2.21 bits per heavy atom. The molecule has 4 rings (SSSR count). The molecule has 1 amide bonds. The molecule has 7 nitrogen and oxygen atoms in total. The highest BCUT2D eigenvalue weighted by Gasteiger charge is 2.21.